The van der Waals surface area contributed by atoms with Crippen molar-refractivity contribution in [1.82, 2.24) is 0 Å². The first-order valence-corrected chi connectivity index (χ1v) is 4.35. The summed E-state index contributed by atoms with van der Waals surface area (Å²) in [5.74, 6) is -1.53. The number of aliphatic carboxylic acids is 1. The Bertz CT molecular complexity index is 250. The number of esters is 1. The number of carbonyl (C=O) groups excluding carboxylic acids is 2. The Morgan fingerprint density at radius 2 is 1.59 bits per heavy atom. The van der Waals surface area contributed by atoms with E-state index in [2.05, 4.69) is 11.3 Å². The predicted molar refractivity (Wildman–Crippen MR) is 58.0 cm³/mol. The largest absolute Gasteiger partial charge is 0.478 e. The predicted octanol–water partition coefficient (Wildman–Crippen LogP) is 0.348. The third-order valence-corrected chi connectivity index (χ3v) is 1.06. The molecule has 7 heteroatoms. The molecule has 0 aromatic carbocycles. The third kappa shape index (κ3) is 25.3. The van der Waals surface area contributed by atoms with E-state index in [0.29, 0.717) is 6.61 Å². The Hall–Kier alpha value is -1.17. The molecule has 17 heavy (non-hydrogen) atoms. The zero-order chi connectivity index (χ0) is 12.4. The van der Waals surface area contributed by atoms with E-state index in [1.54, 1.807) is 6.92 Å². The van der Waals surface area contributed by atoms with Gasteiger partial charge in [-0.3, -0.25) is 9.59 Å². The summed E-state index contributed by atoms with van der Waals surface area (Å²) in [7, 11) is 0. The molecule has 105 valence electrons. The van der Waals surface area contributed by atoms with Gasteiger partial charge in [-0.05, 0) is 20.8 Å². The van der Waals surface area contributed by atoms with Crippen molar-refractivity contribution < 1.29 is 46.8 Å². The zero-order valence-electron chi connectivity index (χ0n) is 10.0. The van der Waals surface area contributed by atoms with Crippen LogP contribution in [0.1, 0.15) is 27.2 Å². The molecule has 0 aliphatic rings. The summed E-state index contributed by atoms with van der Waals surface area (Å²) in [5, 5.41) is 7.89. The molecule has 0 amide bonds. The second-order valence-electron chi connectivity index (χ2n) is 2.77. The topological polar surface area (TPSA) is 112 Å². The average molecular weight is 298 g/mol. The van der Waals surface area contributed by atoms with Crippen molar-refractivity contribution in [3.63, 3.8) is 0 Å². The average Bonchev–Trinajstić information content (AvgIpc) is 2.03. The Morgan fingerprint density at radius 1 is 1.24 bits per heavy atom. The van der Waals surface area contributed by atoms with Crippen LogP contribution in [0.15, 0.2) is 12.2 Å². The first kappa shape index (κ1) is 24.9. The van der Waals surface area contributed by atoms with Gasteiger partial charge >= 0.3 is 11.9 Å². The minimum Gasteiger partial charge on any atom is -0.478 e. The van der Waals surface area contributed by atoms with Gasteiger partial charge in [0.05, 0.1) is 6.61 Å². The van der Waals surface area contributed by atoms with Gasteiger partial charge in [-0.1, -0.05) is 6.58 Å². The Morgan fingerprint density at radius 3 is 1.76 bits per heavy atom. The maximum absolute atomic E-state index is 10.4. The standard InChI is InChI=1S/C6H10O3.C4H6O2.Cu.H2O/c1-3-9-6(8)4-5(2)7;1-3(2)4(5)6;;/h3-4H2,1-2H3;1H2,2H3,(H,5,6);;1H2. The monoisotopic (exact) mass is 297 g/mol. The second-order valence-corrected chi connectivity index (χ2v) is 2.77. The molecule has 0 saturated carbocycles. The Kier molecular flexibility index (Phi) is 21.7. The maximum atomic E-state index is 10.4. The molecule has 6 nitrogen and oxygen atoms in total. The van der Waals surface area contributed by atoms with E-state index in [9.17, 15) is 14.4 Å². The van der Waals surface area contributed by atoms with Gasteiger partial charge in [0, 0.05) is 22.6 Å². The van der Waals surface area contributed by atoms with Crippen LogP contribution in [-0.4, -0.2) is 34.9 Å². The second kappa shape index (κ2) is 14.8. The molecule has 0 aliphatic heterocycles. The van der Waals surface area contributed by atoms with Gasteiger partial charge in [-0.25, -0.2) is 4.79 Å². The molecule has 0 rings (SSSR count). The number of carboxylic acid groups (broad SMARTS) is 1. The summed E-state index contributed by atoms with van der Waals surface area (Å²) in [6.07, 6.45) is -0.103. The van der Waals surface area contributed by atoms with Gasteiger partial charge in [-0.15, -0.1) is 0 Å². The number of hydrogen-bond donors (Lipinski definition) is 1. The fourth-order valence-corrected chi connectivity index (χ4v) is 0.415. The molecule has 0 heterocycles. The SMILES string of the molecule is C=C(C)C(=O)O.CCOC(=O)CC(C)=O.O.[Cu]. The van der Waals surface area contributed by atoms with Crippen molar-refractivity contribution in [2.45, 2.75) is 27.2 Å². The smallest absolute Gasteiger partial charge is 0.330 e. The molecule has 1 radical (unpaired) electrons. The summed E-state index contributed by atoms with van der Waals surface area (Å²) in [5.41, 5.74) is 0.176. The Balaban J connectivity index is -0.0000000945. The number of carboxylic acids is 1. The molecule has 0 bridgehead atoms. The number of rotatable bonds is 4. The van der Waals surface area contributed by atoms with Crippen molar-refractivity contribution in [3.05, 3.63) is 12.2 Å². The van der Waals surface area contributed by atoms with Crippen molar-refractivity contribution >= 4 is 17.7 Å². The van der Waals surface area contributed by atoms with Crippen LogP contribution in [0.25, 0.3) is 0 Å². The molecule has 0 aliphatic carbocycles. The van der Waals surface area contributed by atoms with Crippen molar-refractivity contribution in [2.75, 3.05) is 6.61 Å². The number of ether oxygens (including phenoxy) is 1. The quantitative estimate of drug-likeness (QED) is 0.348. The van der Waals surface area contributed by atoms with Crippen LogP contribution in [-0.2, 0) is 36.2 Å². The molecule has 3 N–H and O–H groups in total. The van der Waals surface area contributed by atoms with E-state index >= 15 is 0 Å². The van der Waals surface area contributed by atoms with Crippen molar-refractivity contribution in [2.24, 2.45) is 0 Å². The molecule has 0 fully saturated rings. The van der Waals surface area contributed by atoms with Gasteiger partial charge < -0.3 is 15.3 Å². The van der Waals surface area contributed by atoms with Crippen LogP contribution in [0.3, 0.4) is 0 Å². The minimum atomic E-state index is -0.935. The molecular weight excluding hydrogens is 280 g/mol. The molecule has 0 spiro atoms. The summed E-state index contributed by atoms with van der Waals surface area (Å²) in [6.45, 7) is 8.01. The Labute approximate surface area is 111 Å². The number of hydrogen-bond acceptors (Lipinski definition) is 4. The molecule has 0 aromatic heterocycles. The van der Waals surface area contributed by atoms with Gasteiger partial charge in [-0.2, -0.15) is 0 Å². The van der Waals surface area contributed by atoms with Crippen LogP contribution < -0.4 is 0 Å². The number of ketones is 1. The van der Waals surface area contributed by atoms with E-state index in [0.717, 1.165) is 0 Å². The van der Waals surface area contributed by atoms with Gasteiger partial charge in [0.15, 0.2) is 0 Å². The molecule has 0 aromatic rings. The van der Waals surface area contributed by atoms with Crippen LogP contribution >= 0.6 is 0 Å². The van der Waals surface area contributed by atoms with Gasteiger partial charge in [0.1, 0.15) is 12.2 Å². The third-order valence-electron chi connectivity index (χ3n) is 1.06. The first-order valence-electron chi connectivity index (χ1n) is 4.35. The van der Waals surface area contributed by atoms with Crippen LogP contribution in [0.2, 0.25) is 0 Å². The van der Waals surface area contributed by atoms with E-state index in [1.807, 2.05) is 0 Å². The van der Waals surface area contributed by atoms with Crippen molar-refractivity contribution in [3.8, 4) is 0 Å². The summed E-state index contributed by atoms with van der Waals surface area (Å²) < 4.78 is 4.49. The molecule has 0 atom stereocenters. The molecule has 0 unspecified atom stereocenters. The zero-order valence-corrected chi connectivity index (χ0v) is 10.9. The van der Waals surface area contributed by atoms with Crippen LogP contribution in [0.4, 0.5) is 0 Å². The summed E-state index contributed by atoms with van der Waals surface area (Å²) in [6, 6.07) is 0. The fraction of sp³-hybridized carbons (Fsp3) is 0.500. The van der Waals surface area contributed by atoms with Gasteiger partial charge in [0.2, 0.25) is 0 Å². The van der Waals surface area contributed by atoms with Crippen LogP contribution in [0.5, 0.6) is 0 Å². The number of Topliss-reactive ketones (excluding diaryl/α,β-unsaturated/α-hetero) is 1. The van der Waals surface area contributed by atoms with Gasteiger partial charge in [0.25, 0.3) is 0 Å². The van der Waals surface area contributed by atoms with E-state index in [4.69, 9.17) is 5.11 Å². The first-order chi connectivity index (χ1) is 6.81. The van der Waals surface area contributed by atoms with Crippen molar-refractivity contribution in [1.29, 1.82) is 0 Å². The molecular formula is C10H18CuO6. The number of carbonyl (C=O) groups is 3. The van der Waals surface area contributed by atoms with Crippen LogP contribution in [0, 0.1) is 0 Å². The molecule has 0 saturated heterocycles. The summed E-state index contributed by atoms with van der Waals surface area (Å²) >= 11 is 0. The van der Waals surface area contributed by atoms with E-state index < -0.39 is 11.9 Å². The van der Waals surface area contributed by atoms with E-state index in [-0.39, 0.29) is 40.3 Å². The normalized spacial score (nSPS) is 7.24. The fourth-order valence-electron chi connectivity index (χ4n) is 0.415. The van der Waals surface area contributed by atoms with E-state index in [1.165, 1.54) is 13.8 Å². The summed E-state index contributed by atoms with van der Waals surface area (Å²) in [4.78, 5) is 30.2. The minimum absolute atomic E-state index is 0. The maximum Gasteiger partial charge on any atom is 0.330 e.